The van der Waals surface area contributed by atoms with E-state index in [-0.39, 0.29) is 5.75 Å². The highest BCUT2D eigenvalue weighted by Gasteiger charge is 2.02. The van der Waals surface area contributed by atoms with Gasteiger partial charge in [0.2, 0.25) is 0 Å². The number of ether oxygens (including phenoxy) is 1. The Kier molecular flexibility index (Phi) is 2.75. The van der Waals surface area contributed by atoms with E-state index in [9.17, 15) is 5.11 Å². The van der Waals surface area contributed by atoms with E-state index in [4.69, 9.17) is 4.74 Å². The lowest BCUT2D eigenvalue weighted by Gasteiger charge is -2.04. The highest BCUT2D eigenvalue weighted by Crippen LogP contribution is 2.29. The van der Waals surface area contributed by atoms with E-state index in [1.165, 1.54) is 7.11 Å². The minimum absolute atomic E-state index is 0.193. The SMILES string of the molecule is CC=Cc1cccc(OC)c1O. The summed E-state index contributed by atoms with van der Waals surface area (Å²) in [5.74, 6) is 0.698. The first-order valence-electron chi connectivity index (χ1n) is 3.78. The Morgan fingerprint density at radius 2 is 2.17 bits per heavy atom. The first-order valence-corrected chi connectivity index (χ1v) is 3.78. The van der Waals surface area contributed by atoms with Crippen LogP contribution in [0.3, 0.4) is 0 Å². The maximum atomic E-state index is 9.54. The fourth-order valence-electron chi connectivity index (χ4n) is 1.02. The van der Waals surface area contributed by atoms with E-state index in [0.717, 1.165) is 5.56 Å². The molecule has 0 amide bonds. The van der Waals surface area contributed by atoms with Crippen molar-refractivity contribution in [3.8, 4) is 11.5 Å². The van der Waals surface area contributed by atoms with E-state index in [1.807, 2.05) is 31.2 Å². The Balaban J connectivity index is 3.13. The molecule has 1 N–H and O–H groups in total. The lowest BCUT2D eigenvalue weighted by molar-refractivity contribution is 0.373. The van der Waals surface area contributed by atoms with Crippen molar-refractivity contribution in [2.75, 3.05) is 7.11 Å². The van der Waals surface area contributed by atoms with Gasteiger partial charge in [-0.1, -0.05) is 24.3 Å². The number of para-hydroxylation sites is 1. The molecule has 1 aromatic rings. The van der Waals surface area contributed by atoms with E-state index in [1.54, 1.807) is 6.07 Å². The quantitative estimate of drug-likeness (QED) is 0.727. The number of phenolic OH excluding ortho intramolecular Hbond substituents is 1. The fourth-order valence-corrected chi connectivity index (χ4v) is 1.02. The number of hydrogen-bond acceptors (Lipinski definition) is 2. The van der Waals surface area contributed by atoms with E-state index in [2.05, 4.69) is 0 Å². The van der Waals surface area contributed by atoms with Crippen LogP contribution in [0.15, 0.2) is 24.3 Å². The molecule has 0 saturated heterocycles. The first-order chi connectivity index (χ1) is 5.79. The van der Waals surface area contributed by atoms with Gasteiger partial charge in [0.25, 0.3) is 0 Å². The standard InChI is InChI=1S/C10H12O2/c1-3-5-8-6-4-7-9(12-2)10(8)11/h3-7,11H,1-2H3. The minimum Gasteiger partial charge on any atom is -0.504 e. The van der Waals surface area contributed by atoms with Crippen LogP contribution in [0.25, 0.3) is 6.08 Å². The zero-order valence-electron chi connectivity index (χ0n) is 7.24. The summed E-state index contributed by atoms with van der Waals surface area (Å²) >= 11 is 0. The average Bonchev–Trinajstić information content (AvgIpc) is 2.09. The highest BCUT2D eigenvalue weighted by molar-refractivity contribution is 5.61. The molecule has 64 valence electrons. The molecular formula is C10H12O2. The summed E-state index contributed by atoms with van der Waals surface area (Å²) in [5.41, 5.74) is 0.775. The van der Waals surface area contributed by atoms with Crippen LogP contribution in [0, 0.1) is 0 Å². The van der Waals surface area contributed by atoms with Crippen LogP contribution in [-0.2, 0) is 0 Å². The smallest absolute Gasteiger partial charge is 0.165 e. The van der Waals surface area contributed by atoms with Gasteiger partial charge >= 0.3 is 0 Å². The molecule has 0 atom stereocenters. The highest BCUT2D eigenvalue weighted by atomic mass is 16.5. The van der Waals surface area contributed by atoms with Crippen LogP contribution in [-0.4, -0.2) is 12.2 Å². The van der Waals surface area contributed by atoms with Gasteiger partial charge in [0, 0.05) is 5.56 Å². The third-order valence-corrected chi connectivity index (χ3v) is 1.60. The Morgan fingerprint density at radius 3 is 2.75 bits per heavy atom. The number of rotatable bonds is 2. The molecule has 0 aliphatic rings. The number of hydrogen-bond donors (Lipinski definition) is 1. The second-order valence-electron chi connectivity index (χ2n) is 2.40. The molecule has 0 spiro atoms. The molecule has 12 heavy (non-hydrogen) atoms. The van der Waals surface area contributed by atoms with E-state index < -0.39 is 0 Å². The molecule has 0 aromatic heterocycles. The number of phenols is 1. The van der Waals surface area contributed by atoms with Crippen LogP contribution in [0.1, 0.15) is 12.5 Å². The minimum atomic E-state index is 0.193. The molecule has 0 heterocycles. The summed E-state index contributed by atoms with van der Waals surface area (Å²) in [6, 6.07) is 5.40. The van der Waals surface area contributed by atoms with Gasteiger partial charge in [-0.05, 0) is 13.0 Å². The Labute approximate surface area is 72.1 Å². The lowest BCUT2D eigenvalue weighted by Crippen LogP contribution is -1.84. The molecule has 0 fully saturated rings. The van der Waals surface area contributed by atoms with E-state index in [0.29, 0.717) is 5.75 Å². The van der Waals surface area contributed by atoms with Crippen LogP contribution in [0.4, 0.5) is 0 Å². The van der Waals surface area contributed by atoms with Crippen molar-refractivity contribution in [1.82, 2.24) is 0 Å². The first kappa shape index (κ1) is 8.65. The lowest BCUT2D eigenvalue weighted by atomic mass is 10.2. The fraction of sp³-hybridized carbons (Fsp3) is 0.200. The predicted octanol–water partition coefficient (Wildman–Crippen LogP) is 2.43. The number of benzene rings is 1. The zero-order valence-corrected chi connectivity index (χ0v) is 7.24. The maximum absolute atomic E-state index is 9.54. The topological polar surface area (TPSA) is 29.5 Å². The molecule has 2 nitrogen and oxygen atoms in total. The van der Waals surface area contributed by atoms with Gasteiger partial charge < -0.3 is 9.84 Å². The molecule has 0 radical (unpaired) electrons. The van der Waals surface area contributed by atoms with Crippen molar-refractivity contribution in [3.05, 3.63) is 29.8 Å². The van der Waals surface area contributed by atoms with Gasteiger partial charge in [-0.15, -0.1) is 0 Å². The van der Waals surface area contributed by atoms with Crippen molar-refractivity contribution in [3.63, 3.8) is 0 Å². The van der Waals surface area contributed by atoms with Gasteiger partial charge in [0.05, 0.1) is 7.11 Å². The molecule has 0 bridgehead atoms. The maximum Gasteiger partial charge on any atom is 0.165 e. The summed E-state index contributed by atoms with van der Waals surface area (Å²) in [7, 11) is 1.54. The molecule has 0 saturated carbocycles. The Morgan fingerprint density at radius 1 is 1.42 bits per heavy atom. The largest absolute Gasteiger partial charge is 0.504 e. The molecule has 0 aliphatic carbocycles. The number of allylic oxidation sites excluding steroid dienone is 1. The number of aromatic hydroxyl groups is 1. The van der Waals surface area contributed by atoms with Crippen molar-refractivity contribution in [2.45, 2.75) is 6.92 Å². The third-order valence-electron chi connectivity index (χ3n) is 1.60. The molecule has 1 rings (SSSR count). The molecule has 0 unspecified atom stereocenters. The summed E-state index contributed by atoms with van der Waals surface area (Å²) < 4.78 is 4.95. The van der Waals surface area contributed by atoms with Crippen LogP contribution >= 0.6 is 0 Å². The van der Waals surface area contributed by atoms with Crippen molar-refractivity contribution in [1.29, 1.82) is 0 Å². The predicted molar refractivity (Wildman–Crippen MR) is 49.4 cm³/mol. The van der Waals surface area contributed by atoms with Crippen molar-refractivity contribution in [2.24, 2.45) is 0 Å². The second kappa shape index (κ2) is 3.81. The van der Waals surface area contributed by atoms with Gasteiger partial charge in [0.15, 0.2) is 11.5 Å². The van der Waals surface area contributed by atoms with Crippen LogP contribution < -0.4 is 4.74 Å². The second-order valence-corrected chi connectivity index (χ2v) is 2.40. The molecule has 2 heteroatoms. The summed E-state index contributed by atoms with van der Waals surface area (Å²) in [6.07, 6.45) is 3.70. The normalized spacial score (nSPS) is 10.5. The Hall–Kier alpha value is -1.44. The van der Waals surface area contributed by atoms with Crippen molar-refractivity contribution < 1.29 is 9.84 Å². The van der Waals surface area contributed by atoms with Gasteiger partial charge in [-0.2, -0.15) is 0 Å². The van der Waals surface area contributed by atoms with E-state index >= 15 is 0 Å². The van der Waals surface area contributed by atoms with Crippen molar-refractivity contribution >= 4 is 6.08 Å². The molecule has 0 aliphatic heterocycles. The van der Waals surface area contributed by atoms with Crippen LogP contribution in [0.5, 0.6) is 11.5 Å². The zero-order chi connectivity index (χ0) is 8.97. The van der Waals surface area contributed by atoms with Gasteiger partial charge in [-0.3, -0.25) is 0 Å². The monoisotopic (exact) mass is 164 g/mol. The third kappa shape index (κ3) is 1.59. The summed E-state index contributed by atoms with van der Waals surface area (Å²) in [4.78, 5) is 0. The van der Waals surface area contributed by atoms with Gasteiger partial charge in [0.1, 0.15) is 0 Å². The Bertz CT molecular complexity index is 290. The van der Waals surface area contributed by atoms with Crippen LogP contribution in [0.2, 0.25) is 0 Å². The average molecular weight is 164 g/mol. The summed E-state index contributed by atoms with van der Waals surface area (Å²) in [5, 5.41) is 9.54. The molecular weight excluding hydrogens is 152 g/mol. The summed E-state index contributed by atoms with van der Waals surface area (Å²) in [6.45, 7) is 1.90. The van der Waals surface area contributed by atoms with Gasteiger partial charge in [-0.25, -0.2) is 0 Å². The molecule has 1 aromatic carbocycles. The number of methoxy groups -OCH3 is 1.